The first-order valence-corrected chi connectivity index (χ1v) is 5.98. The van der Waals surface area contributed by atoms with Crippen molar-refractivity contribution in [3.05, 3.63) is 60.4 Å². The van der Waals surface area contributed by atoms with Crippen LogP contribution in [-0.4, -0.2) is 19.9 Å². The van der Waals surface area contributed by atoms with Crippen molar-refractivity contribution in [2.45, 2.75) is 0 Å². The summed E-state index contributed by atoms with van der Waals surface area (Å²) in [5.41, 5.74) is 2.27. The molecule has 3 aromatic rings. The molecular weight excluding hydrogens is 252 g/mol. The van der Waals surface area contributed by atoms with Crippen molar-refractivity contribution in [2.75, 3.05) is 0 Å². The molecule has 5 nitrogen and oxygen atoms in total. The highest BCUT2D eigenvalue weighted by Crippen LogP contribution is 2.17. The van der Waals surface area contributed by atoms with E-state index in [-0.39, 0.29) is 5.75 Å². The summed E-state index contributed by atoms with van der Waals surface area (Å²) in [6, 6.07) is 15.9. The third-order valence-corrected chi connectivity index (χ3v) is 2.88. The number of phenolic OH excluding ortho intramolecular Hbond substituents is 1. The minimum Gasteiger partial charge on any atom is -0.508 e. The monoisotopic (exact) mass is 262 g/mol. The molecular formula is C15H10N4O. The largest absolute Gasteiger partial charge is 0.508 e. The topological polar surface area (TPSA) is 74.7 Å². The molecule has 0 atom stereocenters. The Bertz CT molecular complexity index is 767. The summed E-state index contributed by atoms with van der Waals surface area (Å²) in [5, 5.41) is 22.4. The summed E-state index contributed by atoms with van der Waals surface area (Å²) in [4.78, 5) is 4.25. The van der Waals surface area contributed by atoms with E-state index in [0.29, 0.717) is 11.4 Å². The molecule has 0 radical (unpaired) electrons. The van der Waals surface area contributed by atoms with Gasteiger partial charge in [-0.05, 0) is 48.5 Å². The van der Waals surface area contributed by atoms with Gasteiger partial charge >= 0.3 is 0 Å². The van der Waals surface area contributed by atoms with Gasteiger partial charge in [-0.3, -0.25) is 0 Å². The zero-order chi connectivity index (χ0) is 13.9. The molecule has 1 heterocycles. The molecule has 0 saturated carbocycles. The minimum absolute atomic E-state index is 0.209. The maximum Gasteiger partial charge on any atom is 0.181 e. The van der Waals surface area contributed by atoms with Gasteiger partial charge in [-0.25, -0.2) is 9.67 Å². The molecule has 1 N–H and O–H groups in total. The molecule has 0 aliphatic heterocycles. The second-order valence-corrected chi connectivity index (χ2v) is 4.22. The Kier molecular flexibility index (Phi) is 2.90. The van der Waals surface area contributed by atoms with Crippen LogP contribution in [0.2, 0.25) is 0 Å². The van der Waals surface area contributed by atoms with Gasteiger partial charge in [-0.2, -0.15) is 5.26 Å². The Balaban J connectivity index is 1.93. The molecule has 0 unspecified atom stereocenters. The average molecular weight is 262 g/mol. The van der Waals surface area contributed by atoms with Crippen LogP contribution in [-0.2, 0) is 0 Å². The Labute approximate surface area is 115 Å². The smallest absolute Gasteiger partial charge is 0.181 e. The lowest BCUT2D eigenvalue weighted by Gasteiger charge is -2.00. The summed E-state index contributed by atoms with van der Waals surface area (Å²) in [6.07, 6.45) is 1.61. The molecule has 0 aliphatic carbocycles. The summed E-state index contributed by atoms with van der Waals surface area (Å²) in [6.45, 7) is 0. The molecule has 3 rings (SSSR count). The van der Waals surface area contributed by atoms with Crippen LogP contribution in [0.3, 0.4) is 0 Å². The third kappa shape index (κ3) is 2.22. The summed E-state index contributed by atoms with van der Waals surface area (Å²) in [5.74, 6) is 0.795. The maximum atomic E-state index is 9.26. The van der Waals surface area contributed by atoms with Gasteiger partial charge in [-0.15, -0.1) is 5.10 Å². The first kappa shape index (κ1) is 11.9. The van der Waals surface area contributed by atoms with E-state index in [9.17, 15) is 5.11 Å². The molecule has 20 heavy (non-hydrogen) atoms. The first-order chi connectivity index (χ1) is 9.76. The van der Waals surface area contributed by atoms with Gasteiger partial charge < -0.3 is 5.11 Å². The number of nitrogens with zero attached hydrogens (tertiary/aromatic N) is 4. The molecule has 0 bridgehead atoms. The highest BCUT2D eigenvalue weighted by atomic mass is 16.3. The predicted molar refractivity (Wildman–Crippen MR) is 73.2 cm³/mol. The maximum absolute atomic E-state index is 9.26. The van der Waals surface area contributed by atoms with E-state index in [1.807, 2.05) is 12.1 Å². The summed E-state index contributed by atoms with van der Waals surface area (Å²) >= 11 is 0. The van der Waals surface area contributed by atoms with Gasteiger partial charge in [0, 0.05) is 5.56 Å². The molecule has 0 spiro atoms. The van der Waals surface area contributed by atoms with Crippen molar-refractivity contribution < 1.29 is 5.11 Å². The van der Waals surface area contributed by atoms with E-state index >= 15 is 0 Å². The molecule has 2 aromatic carbocycles. The van der Waals surface area contributed by atoms with Gasteiger partial charge in [0.15, 0.2) is 5.82 Å². The standard InChI is InChI=1S/C15H10N4O/c16-9-11-1-3-12(4-2-11)15-17-10-19(18-15)13-5-7-14(20)8-6-13/h1-8,10,20H. The van der Waals surface area contributed by atoms with E-state index < -0.39 is 0 Å². The van der Waals surface area contributed by atoms with E-state index in [0.717, 1.165) is 11.3 Å². The van der Waals surface area contributed by atoms with Crippen molar-refractivity contribution in [3.63, 3.8) is 0 Å². The second-order valence-electron chi connectivity index (χ2n) is 4.22. The third-order valence-electron chi connectivity index (χ3n) is 2.88. The van der Waals surface area contributed by atoms with Crippen molar-refractivity contribution in [1.29, 1.82) is 5.26 Å². The zero-order valence-electron chi connectivity index (χ0n) is 10.4. The molecule has 0 amide bonds. The molecule has 0 fully saturated rings. The van der Waals surface area contributed by atoms with Crippen LogP contribution in [0, 0.1) is 11.3 Å². The normalized spacial score (nSPS) is 10.2. The van der Waals surface area contributed by atoms with Gasteiger partial charge in [-0.1, -0.05) is 0 Å². The predicted octanol–water partition coefficient (Wildman–Crippen LogP) is 2.51. The van der Waals surface area contributed by atoms with Crippen LogP contribution in [0.25, 0.3) is 17.1 Å². The quantitative estimate of drug-likeness (QED) is 0.770. The number of hydrogen-bond donors (Lipinski definition) is 1. The van der Waals surface area contributed by atoms with Gasteiger partial charge in [0.1, 0.15) is 12.1 Å². The number of benzene rings is 2. The van der Waals surface area contributed by atoms with Crippen LogP contribution in [0.1, 0.15) is 5.56 Å². The van der Waals surface area contributed by atoms with Crippen LogP contribution >= 0.6 is 0 Å². The first-order valence-electron chi connectivity index (χ1n) is 5.98. The van der Waals surface area contributed by atoms with Crippen LogP contribution in [0.5, 0.6) is 5.75 Å². The Hall–Kier alpha value is -3.13. The Morgan fingerprint density at radius 1 is 1.00 bits per heavy atom. The van der Waals surface area contributed by atoms with Crippen LogP contribution in [0.15, 0.2) is 54.9 Å². The van der Waals surface area contributed by atoms with Gasteiger partial charge in [0.25, 0.3) is 0 Å². The van der Waals surface area contributed by atoms with Crippen LogP contribution in [0.4, 0.5) is 0 Å². The second kappa shape index (κ2) is 4.86. The van der Waals surface area contributed by atoms with E-state index in [1.165, 1.54) is 0 Å². The number of hydrogen-bond acceptors (Lipinski definition) is 4. The SMILES string of the molecule is N#Cc1ccc(-c2ncn(-c3ccc(O)cc3)n2)cc1. The number of phenols is 1. The van der Waals surface area contributed by atoms with Gasteiger partial charge in [0.2, 0.25) is 0 Å². The zero-order valence-corrected chi connectivity index (χ0v) is 10.4. The molecule has 5 heteroatoms. The molecule has 96 valence electrons. The molecule has 0 aliphatic rings. The number of rotatable bonds is 2. The highest BCUT2D eigenvalue weighted by Gasteiger charge is 2.05. The summed E-state index contributed by atoms with van der Waals surface area (Å²) in [7, 11) is 0. The fraction of sp³-hybridized carbons (Fsp3) is 0. The molecule has 1 aromatic heterocycles. The van der Waals surface area contributed by atoms with E-state index in [1.54, 1.807) is 47.4 Å². The lowest BCUT2D eigenvalue weighted by molar-refractivity contribution is 0.475. The number of aromatic hydroxyl groups is 1. The highest BCUT2D eigenvalue weighted by molar-refractivity contribution is 5.56. The number of aromatic nitrogens is 3. The molecule has 0 saturated heterocycles. The van der Waals surface area contributed by atoms with Crippen molar-refractivity contribution in [3.8, 4) is 28.9 Å². The summed E-state index contributed by atoms with van der Waals surface area (Å²) < 4.78 is 1.63. The van der Waals surface area contributed by atoms with E-state index in [4.69, 9.17) is 5.26 Å². The van der Waals surface area contributed by atoms with Crippen molar-refractivity contribution in [2.24, 2.45) is 0 Å². The lowest BCUT2D eigenvalue weighted by Crippen LogP contribution is -1.94. The fourth-order valence-corrected chi connectivity index (χ4v) is 1.82. The lowest BCUT2D eigenvalue weighted by atomic mass is 10.1. The number of nitriles is 1. The van der Waals surface area contributed by atoms with E-state index in [2.05, 4.69) is 16.2 Å². The minimum atomic E-state index is 0.209. The fourth-order valence-electron chi connectivity index (χ4n) is 1.82. The van der Waals surface area contributed by atoms with Crippen molar-refractivity contribution in [1.82, 2.24) is 14.8 Å². The van der Waals surface area contributed by atoms with Crippen molar-refractivity contribution >= 4 is 0 Å². The Morgan fingerprint density at radius 2 is 1.70 bits per heavy atom. The van der Waals surface area contributed by atoms with Crippen LogP contribution < -0.4 is 0 Å². The Morgan fingerprint density at radius 3 is 2.35 bits per heavy atom. The van der Waals surface area contributed by atoms with Gasteiger partial charge in [0.05, 0.1) is 17.3 Å². The average Bonchev–Trinajstić information content (AvgIpc) is 2.98.